The Balaban J connectivity index is 1.58. The Morgan fingerprint density at radius 1 is 0.889 bits per heavy atom. The first-order valence-corrected chi connectivity index (χ1v) is 11.9. The van der Waals surface area contributed by atoms with Gasteiger partial charge in [-0.1, -0.05) is 53.5 Å². The number of anilines is 2. The topological polar surface area (TPSA) is 76.6 Å². The molecule has 0 radical (unpaired) electrons. The first-order valence-electron chi connectivity index (χ1n) is 11.1. The molecule has 7 nitrogen and oxygen atoms in total. The van der Waals surface area contributed by atoms with E-state index >= 15 is 0 Å². The fourth-order valence-electron chi connectivity index (χ4n) is 3.35. The molecule has 0 aliphatic rings. The average Bonchev–Trinajstić information content (AvgIpc) is 2.89. The molecule has 0 bridgehead atoms. The lowest BCUT2D eigenvalue weighted by Crippen LogP contribution is -2.26. The summed E-state index contributed by atoms with van der Waals surface area (Å²) in [5, 5.41) is 5.73. The zero-order valence-electron chi connectivity index (χ0n) is 19.7. The Kier molecular flexibility index (Phi) is 8.38. The summed E-state index contributed by atoms with van der Waals surface area (Å²) < 4.78 is 5.75. The van der Waals surface area contributed by atoms with Crippen LogP contribution in [0.3, 0.4) is 0 Å². The van der Waals surface area contributed by atoms with E-state index < -0.39 is 0 Å². The molecule has 3 aromatic carbocycles. The van der Waals surface area contributed by atoms with E-state index in [1.807, 2.05) is 78.9 Å². The van der Waals surface area contributed by atoms with E-state index in [4.69, 9.17) is 42.7 Å². The van der Waals surface area contributed by atoms with Crippen LogP contribution in [-0.2, 0) is 9.63 Å². The maximum absolute atomic E-state index is 11.9. The van der Waals surface area contributed by atoms with Crippen LogP contribution in [0.4, 0.5) is 11.6 Å². The van der Waals surface area contributed by atoms with Gasteiger partial charge >= 0.3 is 0 Å². The molecule has 0 spiro atoms. The Morgan fingerprint density at radius 3 is 2.03 bits per heavy atom. The van der Waals surface area contributed by atoms with Crippen molar-refractivity contribution >= 4 is 40.7 Å². The third kappa shape index (κ3) is 6.73. The van der Waals surface area contributed by atoms with Crippen LogP contribution in [0.15, 0.2) is 78.9 Å². The zero-order valence-corrected chi connectivity index (χ0v) is 21.3. The Morgan fingerprint density at radius 2 is 1.47 bits per heavy atom. The normalized spacial score (nSPS) is 10.7. The van der Waals surface area contributed by atoms with Crippen LogP contribution < -0.4 is 10.1 Å². The van der Waals surface area contributed by atoms with E-state index in [1.165, 1.54) is 12.2 Å². The van der Waals surface area contributed by atoms with Crippen molar-refractivity contribution in [3.63, 3.8) is 0 Å². The first kappa shape index (κ1) is 25.4. The maximum atomic E-state index is 11.9. The van der Waals surface area contributed by atoms with Gasteiger partial charge in [0.25, 0.3) is 0 Å². The molecule has 4 aromatic rings. The summed E-state index contributed by atoms with van der Waals surface area (Å²) in [4.78, 5) is 26.2. The molecular formula is C27H24Cl2N4O3. The number of amides is 1. The van der Waals surface area contributed by atoms with Gasteiger partial charge in [-0.05, 0) is 42.5 Å². The lowest BCUT2D eigenvalue weighted by molar-refractivity contribution is -0.169. The second-order valence-corrected chi connectivity index (χ2v) is 8.67. The number of halogens is 2. The van der Waals surface area contributed by atoms with Gasteiger partial charge in [-0.25, -0.2) is 15.0 Å². The molecule has 0 aliphatic carbocycles. The highest BCUT2D eigenvalue weighted by molar-refractivity contribution is 6.30. The summed E-state index contributed by atoms with van der Waals surface area (Å²) in [7, 11) is 3.00. The van der Waals surface area contributed by atoms with Crippen molar-refractivity contribution in [2.45, 2.75) is 6.42 Å². The van der Waals surface area contributed by atoms with Gasteiger partial charge in [-0.3, -0.25) is 9.63 Å². The van der Waals surface area contributed by atoms with Gasteiger partial charge < -0.3 is 10.1 Å². The van der Waals surface area contributed by atoms with Crippen molar-refractivity contribution in [1.29, 1.82) is 0 Å². The van der Waals surface area contributed by atoms with Gasteiger partial charge in [0.05, 0.1) is 31.5 Å². The number of aromatic nitrogens is 2. The largest absolute Gasteiger partial charge is 0.493 e. The van der Waals surface area contributed by atoms with Crippen LogP contribution in [0.1, 0.15) is 6.42 Å². The number of ether oxygens (including phenoxy) is 1. The van der Waals surface area contributed by atoms with Crippen molar-refractivity contribution in [2.24, 2.45) is 0 Å². The van der Waals surface area contributed by atoms with Crippen molar-refractivity contribution in [3.05, 3.63) is 88.9 Å². The number of carbonyl (C=O) groups is 1. The van der Waals surface area contributed by atoms with Crippen LogP contribution in [0.25, 0.3) is 22.5 Å². The molecule has 1 heterocycles. The molecule has 0 aliphatic heterocycles. The van der Waals surface area contributed by atoms with Crippen molar-refractivity contribution in [2.75, 3.05) is 26.1 Å². The number of rotatable bonds is 9. The number of nitrogens with one attached hydrogen (secondary N) is 1. The second kappa shape index (κ2) is 11.9. The summed E-state index contributed by atoms with van der Waals surface area (Å²) in [5.41, 5.74) is 4.03. The van der Waals surface area contributed by atoms with E-state index in [1.54, 1.807) is 7.05 Å². The van der Waals surface area contributed by atoms with Crippen LogP contribution >= 0.6 is 23.2 Å². The highest BCUT2D eigenvalue weighted by atomic mass is 35.5. The number of nitrogens with zero attached hydrogens (tertiary/aromatic N) is 3. The molecule has 0 saturated heterocycles. The van der Waals surface area contributed by atoms with Crippen molar-refractivity contribution in [3.8, 4) is 28.3 Å². The summed E-state index contributed by atoms with van der Waals surface area (Å²) in [6.07, 6.45) is 0.193. The van der Waals surface area contributed by atoms with Gasteiger partial charge in [-0.2, -0.15) is 0 Å². The third-order valence-electron chi connectivity index (χ3n) is 5.31. The summed E-state index contributed by atoms with van der Waals surface area (Å²) in [6, 6.07) is 24.3. The van der Waals surface area contributed by atoms with E-state index in [9.17, 15) is 4.79 Å². The number of benzene rings is 3. The molecule has 1 amide bonds. The number of hydrogen-bond donors (Lipinski definition) is 1. The van der Waals surface area contributed by atoms with Crippen molar-refractivity contribution in [1.82, 2.24) is 15.0 Å². The molecule has 184 valence electrons. The van der Waals surface area contributed by atoms with Crippen LogP contribution in [0.2, 0.25) is 10.0 Å². The lowest BCUT2D eigenvalue weighted by Gasteiger charge is -2.14. The predicted octanol–water partition coefficient (Wildman–Crippen LogP) is 6.65. The first-order chi connectivity index (χ1) is 17.4. The fourth-order valence-corrected chi connectivity index (χ4v) is 3.60. The highest BCUT2D eigenvalue weighted by Gasteiger charge is 2.11. The minimum Gasteiger partial charge on any atom is -0.493 e. The van der Waals surface area contributed by atoms with E-state index in [0.717, 1.165) is 28.2 Å². The van der Waals surface area contributed by atoms with Gasteiger partial charge in [0.15, 0.2) is 0 Å². The van der Waals surface area contributed by atoms with Crippen LogP contribution in [-0.4, -0.2) is 41.7 Å². The standard InChI is InChI=1S/C27H24Cl2N4O3/c1-33(35-2)26(34)14-15-36-23-5-3-4-22(16-23)30-27-31-24(18-6-10-20(28)11-7-18)17-25(32-27)19-8-12-21(29)13-9-19/h3-13,16-17H,14-15H2,1-2H3,(H,30,31,32). The SMILES string of the molecule is CON(C)C(=O)CCOc1cccc(Nc2nc(-c3ccc(Cl)cc3)cc(-c3ccc(Cl)cc3)n2)c1. The zero-order chi connectivity index (χ0) is 25.5. The second-order valence-electron chi connectivity index (χ2n) is 7.80. The van der Waals surface area contributed by atoms with Gasteiger partial charge in [0.2, 0.25) is 11.9 Å². The number of hydroxylamine groups is 2. The molecule has 0 fully saturated rings. The molecule has 1 N–H and O–H groups in total. The molecule has 36 heavy (non-hydrogen) atoms. The molecule has 9 heteroatoms. The van der Waals surface area contributed by atoms with Crippen molar-refractivity contribution < 1.29 is 14.4 Å². The fraction of sp³-hybridized carbons (Fsp3) is 0.148. The minimum atomic E-state index is -0.172. The molecule has 1 aromatic heterocycles. The molecule has 0 unspecified atom stereocenters. The highest BCUT2D eigenvalue weighted by Crippen LogP contribution is 2.28. The third-order valence-corrected chi connectivity index (χ3v) is 5.81. The van der Waals surface area contributed by atoms with Gasteiger partial charge in [0.1, 0.15) is 5.75 Å². The number of carbonyl (C=O) groups excluding carboxylic acids is 1. The Hall–Kier alpha value is -3.65. The van der Waals surface area contributed by atoms with Gasteiger partial charge in [0, 0.05) is 40.0 Å². The maximum Gasteiger partial charge on any atom is 0.249 e. The molecular weight excluding hydrogens is 499 g/mol. The van der Waals surface area contributed by atoms with Gasteiger partial charge in [-0.15, -0.1) is 0 Å². The Bertz CT molecular complexity index is 1270. The Labute approximate surface area is 219 Å². The molecule has 4 rings (SSSR count). The molecule has 0 atom stereocenters. The van der Waals surface area contributed by atoms with Crippen LogP contribution in [0.5, 0.6) is 5.75 Å². The number of hydrogen-bond acceptors (Lipinski definition) is 6. The lowest BCUT2D eigenvalue weighted by atomic mass is 10.1. The van der Waals surface area contributed by atoms with E-state index in [-0.39, 0.29) is 18.9 Å². The van der Waals surface area contributed by atoms with Crippen LogP contribution in [0, 0.1) is 0 Å². The smallest absolute Gasteiger partial charge is 0.249 e. The van der Waals surface area contributed by atoms with E-state index in [0.29, 0.717) is 21.7 Å². The quantitative estimate of drug-likeness (QED) is 0.248. The van der Waals surface area contributed by atoms with E-state index in [2.05, 4.69) is 5.32 Å². The monoisotopic (exact) mass is 522 g/mol. The predicted molar refractivity (Wildman–Crippen MR) is 143 cm³/mol. The minimum absolute atomic E-state index is 0.172. The summed E-state index contributed by atoms with van der Waals surface area (Å²) >= 11 is 12.1. The summed E-state index contributed by atoms with van der Waals surface area (Å²) in [6.45, 7) is 0.221. The molecule has 0 saturated carbocycles. The summed E-state index contributed by atoms with van der Waals surface area (Å²) in [5.74, 6) is 0.857. The average molecular weight is 523 g/mol.